The van der Waals surface area contributed by atoms with E-state index >= 15 is 0 Å². The number of phenols is 3. The van der Waals surface area contributed by atoms with Crippen molar-refractivity contribution >= 4 is 40.0 Å². The van der Waals surface area contributed by atoms with E-state index in [4.69, 9.17) is 4.74 Å². The zero-order valence-electron chi connectivity index (χ0n) is 21.5. The minimum atomic E-state index is -2.67. The van der Waals surface area contributed by atoms with Gasteiger partial charge < -0.3 is 30.1 Å². The molecule has 1 spiro atoms. The van der Waals surface area contributed by atoms with Crippen LogP contribution in [0.2, 0.25) is 0 Å². The quantitative estimate of drug-likeness (QED) is 0.182. The number of rotatable bonds is 3. The number of ketones is 4. The summed E-state index contributed by atoms with van der Waals surface area (Å²) in [4.78, 5) is 69.1. The highest BCUT2D eigenvalue weighted by atomic mass is 16.5. The second kappa shape index (κ2) is 8.68. The van der Waals surface area contributed by atoms with Crippen molar-refractivity contribution in [3.8, 4) is 17.2 Å². The molecule has 1 aromatic heterocycles. The number of aromatic nitrogens is 1. The minimum Gasteiger partial charge on any atom is -0.507 e. The van der Waals surface area contributed by atoms with Gasteiger partial charge >= 0.3 is 0 Å². The van der Waals surface area contributed by atoms with Gasteiger partial charge in [0, 0.05) is 18.4 Å². The highest BCUT2D eigenvalue weighted by Gasteiger charge is 2.68. The second-order valence-electron chi connectivity index (χ2n) is 9.92. The fraction of sp³-hybridized carbons (Fsp3) is 0.167. The number of carbonyl (C=O) groups excluding carboxylic acids is 4. The molecule has 6 rings (SSSR count). The first kappa shape index (κ1) is 26.1. The van der Waals surface area contributed by atoms with E-state index in [1.165, 1.54) is 13.2 Å². The summed E-state index contributed by atoms with van der Waals surface area (Å²) in [6.07, 6.45) is 5.14. The van der Waals surface area contributed by atoms with Gasteiger partial charge in [0.1, 0.15) is 29.5 Å². The van der Waals surface area contributed by atoms with Crippen molar-refractivity contribution < 1.29 is 44.3 Å². The maximum absolute atomic E-state index is 14.2. The lowest BCUT2D eigenvalue weighted by Crippen LogP contribution is -2.47. The molecule has 3 aliphatic carbocycles. The SMILES string of the molecule is C/C=C/C=C/c1cc2cc3c(c(O)c2c(=O)[nH]1)C1(C(=O)c2c(O)c4c(c(O)c2C1=O)C(=O)C=CC4=O)C(O)C3OC. The van der Waals surface area contributed by atoms with Crippen LogP contribution in [-0.4, -0.2) is 61.8 Å². The van der Waals surface area contributed by atoms with Crippen LogP contribution in [0.25, 0.3) is 16.8 Å². The monoisotopic (exact) mass is 555 g/mol. The molecule has 0 fully saturated rings. The number of Topliss-reactive ketones (excluding diaryl/α,β-unsaturated/α-hetero) is 2. The minimum absolute atomic E-state index is 0.0195. The van der Waals surface area contributed by atoms with E-state index in [0.29, 0.717) is 5.69 Å². The van der Waals surface area contributed by atoms with E-state index < -0.39 is 91.4 Å². The van der Waals surface area contributed by atoms with Crippen LogP contribution in [-0.2, 0) is 10.2 Å². The summed E-state index contributed by atoms with van der Waals surface area (Å²) < 4.78 is 5.45. The Labute approximate surface area is 230 Å². The Morgan fingerprint density at radius 1 is 0.854 bits per heavy atom. The van der Waals surface area contributed by atoms with E-state index in [-0.39, 0.29) is 16.3 Å². The standard InChI is InChI=1S/C30H21NO10/c1-3-4-5-6-12-9-11-10-13-21(24(36)16(11)29(40)31-12)30(28(39)25(13)41-2)26(37)19-20(27(30)38)23(35)18-15(33)8-7-14(32)17(18)22(19)34/h3-10,25,28,34-36,39H,1-2H3,(H,31,40)/b4-3+,6-5+. The molecule has 2 atom stereocenters. The van der Waals surface area contributed by atoms with Crippen LogP contribution < -0.4 is 5.56 Å². The van der Waals surface area contributed by atoms with Crippen LogP contribution in [0.15, 0.2) is 47.3 Å². The topological polar surface area (TPSA) is 191 Å². The number of hydrogen-bond acceptors (Lipinski definition) is 10. The van der Waals surface area contributed by atoms with Gasteiger partial charge in [-0.3, -0.25) is 24.0 Å². The van der Waals surface area contributed by atoms with Gasteiger partial charge in [0.15, 0.2) is 28.5 Å². The molecule has 11 nitrogen and oxygen atoms in total. The van der Waals surface area contributed by atoms with Crippen molar-refractivity contribution in [1.82, 2.24) is 4.98 Å². The Kier molecular flexibility index (Phi) is 5.53. The number of benzene rings is 2. The van der Waals surface area contributed by atoms with Crippen LogP contribution >= 0.6 is 0 Å². The molecule has 0 saturated heterocycles. The first-order valence-electron chi connectivity index (χ1n) is 12.4. The molecule has 41 heavy (non-hydrogen) atoms. The van der Waals surface area contributed by atoms with Gasteiger partial charge in [-0.1, -0.05) is 18.2 Å². The Morgan fingerprint density at radius 2 is 1.44 bits per heavy atom. The highest BCUT2D eigenvalue weighted by Crippen LogP contribution is 2.60. The zero-order chi connectivity index (χ0) is 29.5. The number of aliphatic hydroxyl groups is 1. The molecule has 0 saturated carbocycles. The molecule has 3 aromatic rings. The third-order valence-electron chi connectivity index (χ3n) is 7.92. The molecule has 206 valence electrons. The molecular weight excluding hydrogens is 534 g/mol. The molecule has 0 radical (unpaired) electrons. The number of pyridine rings is 1. The fourth-order valence-corrected chi connectivity index (χ4v) is 6.22. The first-order valence-corrected chi connectivity index (χ1v) is 12.4. The summed E-state index contributed by atoms with van der Waals surface area (Å²) in [5, 5.41) is 45.0. The smallest absolute Gasteiger partial charge is 0.260 e. The van der Waals surface area contributed by atoms with Crippen molar-refractivity contribution in [1.29, 1.82) is 0 Å². The Hall–Kier alpha value is -5.13. The number of aliphatic hydroxyl groups excluding tert-OH is 1. The molecule has 2 aromatic carbocycles. The number of carbonyl (C=O) groups is 4. The van der Waals surface area contributed by atoms with Crippen molar-refractivity contribution in [2.24, 2.45) is 0 Å². The van der Waals surface area contributed by atoms with E-state index in [2.05, 4.69) is 4.98 Å². The van der Waals surface area contributed by atoms with Crippen LogP contribution in [0.3, 0.4) is 0 Å². The van der Waals surface area contributed by atoms with Gasteiger partial charge in [-0.25, -0.2) is 0 Å². The number of methoxy groups -OCH3 is 1. The zero-order valence-corrected chi connectivity index (χ0v) is 21.5. The third-order valence-corrected chi connectivity index (χ3v) is 7.92. The average molecular weight is 555 g/mol. The van der Waals surface area contributed by atoms with Gasteiger partial charge in [-0.15, -0.1) is 0 Å². The van der Waals surface area contributed by atoms with Crippen molar-refractivity contribution in [3.05, 3.63) is 91.9 Å². The third kappa shape index (κ3) is 3.06. The summed E-state index contributed by atoms with van der Waals surface area (Å²) in [5.74, 6) is -7.08. The lowest BCUT2D eigenvalue weighted by Gasteiger charge is -2.27. The molecule has 2 unspecified atom stereocenters. The van der Waals surface area contributed by atoms with E-state index in [1.807, 2.05) is 6.92 Å². The molecule has 3 aliphatic rings. The molecule has 0 aliphatic heterocycles. The summed E-state index contributed by atoms with van der Waals surface area (Å²) in [6.45, 7) is 1.81. The largest absolute Gasteiger partial charge is 0.507 e. The number of nitrogens with one attached hydrogen (secondary N) is 1. The summed E-state index contributed by atoms with van der Waals surface area (Å²) in [7, 11) is 1.20. The van der Waals surface area contributed by atoms with Gasteiger partial charge in [0.2, 0.25) is 0 Å². The normalized spacial score (nSPS) is 20.7. The number of fused-ring (bicyclic) bond motifs is 5. The number of ether oxygens (including phenoxy) is 1. The van der Waals surface area contributed by atoms with Crippen LogP contribution in [0.5, 0.6) is 17.2 Å². The number of phenolic OH excluding ortho intramolecular Hbond substituents is 3. The van der Waals surface area contributed by atoms with Crippen molar-refractivity contribution in [3.63, 3.8) is 0 Å². The average Bonchev–Trinajstić information content (AvgIpc) is 3.32. The number of aromatic hydroxyl groups is 3. The van der Waals surface area contributed by atoms with Crippen molar-refractivity contribution in [2.45, 2.75) is 24.5 Å². The molecule has 5 N–H and O–H groups in total. The van der Waals surface area contributed by atoms with E-state index in [0.717, 1.165) is 12.2 Å². The predicted molar refractivity (Wildman–Crippen MR) is 144 cm³/mol. The summed E-state index contributed by atoms with van der Waals surface area (Å²) in [6, 6.07) is 2.95. The van der Waals surface area contributed by atoms with Gasteiger partial charge in [0.25, 0.3) is 5.56 Å². The highest BCUT2D eigenvalue weighted by molar-refractivity contribution is 6.39. The Morgan fingerprint density at radius 3 is 1.98 bits per heavy atom. The molecule has 0 amide bonds. The number of allylic oxidation sites excluding steroid dienone is 5. The van der Waals surface area contributed by atoms with E-state index in [1.54, 1.807) is 30.4 Å². The second-order valence-corrected chi connectivity index (χ2v) is 9.92. The predicted octanol–water partition coefficient (Wildman–Crippen LogP) is 2.55. The lowest BCUT2D eigenvalue weighted by atomic mass is 9.74. The number of H-pyrrole nitrogens is 1. The van der Waals surface area contributed by atoms with Crippen LogP contribution in [0.4, 0.5) is 0 Å². The van der Waals surface area contributed by atoms with Crippen LogP contribution in [0.1, 0.15) is 71.3 Å². The van der Waals surface area contributed by atoms with Crippen molar-refractivity contribution in [2.75, 3.05) is 7.11 Å². The summed E-state index contributed by atoms with van der Waals surface area (Å²) >= 11 is 0. The Bertz CT molecular complexity index is 1880. The molecule has 0 bridgehead atoms. The lowest BCUT2D eigenvalue weighted by molar-refractivity contribution is -0.0262. The Balaban J connectivity index is 1.68. The molecule has 11 heteroatoms. The van der Waals surface area contributed by atoms with Gasteiger partial charge in [-0.05, 0) is 48.2 Å². The number of aromatic amines is 1. The maximum Gasteiger partial charge on any atom is 0.260 e. The number of hydrogen-bond donors (Lipinski definition) is 5. The van der Waals surface area contributed by atoms with Crippen LogP contribution in [0, 0.1) is 0 Å². The molecule has 1 heterocycles. The fourth-order valence-electron chi connectivity index (χ4n) is 6.22. The van der Waals surface area contributed by atoms with E-state index in [9.17, 15) is 44.4 Å². The summed E-state index contributed by atoms with van der Waals surface area (Å²) in [5.41, 5.74) is -6.38. The molecular formula is C30H21NO10. The maximum atomic E-state index is 14.2. The van der Waals surface area contributed by atoms with Gasteiger partial charge in [0.05, 0.1) is 27.6 Å². The first-order chi connectivity index (χ1) is 19.5. The van der Waals surface area contributed by atoms with Gasteiger partial charge in [-0.2, -0.15) is 0 Å².